The number of likely N-dealkylation sites (tertiary alicyclic amines) is 1. The number of fused-ring (bicyclic) bond motifs is 1. The molecule has 11 heteroatoms. The predicted octanol–water partition coefficient (Wildman–Crippen LogP) is 0.240. The Morgan fingerprint density at radius 1 is 1.15 bits per heavy atom. The highest BCUT2D eigenvalue weighted by Gasteiger charge is 2.47. The van der Waals surface area contributed by atoms with E-state index in [2.05, 4.69) is 4.98 Å². The van der Waals surface area contributed by atoms with Gasteiger partial charge in [0.1, 0.15) is 5.82 Å². The lowest BCUT2D eigenvalue weighted by Gasteiger charge is -2.25. The Bertz CT molecular complexity index is 1030. The van der Waals surface area contributed by atoms with Gasteiger partial charge in [-0.1, -0.05) is 25.5 Å². The predicted molar refractivity (Wildman–Crippen MR) is 122 cm³/mol. The summed E-state index contributed by atoms with van der Waals surface area (Å²) in [5.41, 5.74) is 4.61. The minimum atomic E-state index is -0.778. The molecule has 180 valence electrons. The van der Waals surface area contributed by atoms with Gasteiger partial charge in [0.25, 0.3) is 5.56 Å². The minimum absolute atomic E-state index is 0.0195. The molecule has 0 spiro atoms. The lowest BCUT2D eigenvalue weighted by Crippen LogP contribution is -2.44. The van der Waals surface area contributed by atoms with Gasteiger partial charge in [-0.3, -0.25) is 33.6 Å². The van der Waals surface area contributed by atoms with E-state index in [4.69, 9.17) is 10.5 Å². The van der Waals surface area contributed by atoms with E-state index in [1.807, 2.05) is 19.1 Å². The summed E-state index contributed by atoms with van der Waals surface area (Å²) in [5.74, 6) is -1.89. The van der Waals surface area contributed by atoms with Crippen molar-refractivity contribution in [3.05, 3.63) is 33.0 Å². The van der Waals surface area contributed by atoms with Crippen LogP contribution in [0.5, 0.6) is 0 Å². The van der Waals surface area contributed by atoms with Crippen LogP contribution in [0.3, 0.4) is 0 Å². The molecular formula is C22H31N5O6. The summed E-state index contributed by atoms with van der Waals surface area (Å²) in [6.07, 6.45) is 6.13. The Kier molecular flexibility index (Phi) is 7.85. The SMILES string of the molecule is CCCCn1c(N)c(N(CCOC)C(=O)CCN2C(=O)[C@@H]3CC=CC[C@H]3C2=O)c(=O)[nH]c1=O. The second kappa shape index (κ2) is 10.6. The number of nitrogen functional groups attached to an aromatic ring is 1. The van der Waals surface area contributed by atoms with E-state index >= 15 is 0 Å². The van der Waals surface area contributed by atoms with E-state index in [0.717, 1.165) is 11.3 Å². The molecule has 0 radical (unpaired) electrons. The number of nitrogens with zero attached hydrogens (tertiary/aromatic N) is 3. The number of carbonyl (C=O) groups excluding carboxylic acids is 3. The monoisotopic (exact) mass is 461 g/mol. The third-order valence-corrected chi connectivity index (χ3v) is 6.19. The number of aromatic amines is 1. The van der Waals surface area contributed by atoms with E-state index in [-0.39, 0.29) is 61.3 Å². The molecule has 3 N–H and O–H groups in total. The highest BCUT2D eigenvalue weighted by atomic mass is 16.5. The van der Waals surface area contributed by atoms with Crippen LogP contribution in [0, 0.1) is 11.8 Å². The van der Waals surface area contributed by atoms with Crippen molar-refractivity contribution in [2.45, 2.75) is 45.6 Å². The lowest BCUT2D eigenvalue weighted by molar-refractivity contribution is -0.140. The smallest absolute Gasteiger partial charge is 0.330 e. The molecule has 0 bridgehead atoms. The van der Waals surface area contributed by atoms with E-state index in [9.17, 15) is 24.0 Å². The zero-order valence-corrected chi connectivity index (χ0v) is 19.0. The molecule has 0 unspecified atom stereocenters. The first kappa shape index (κ1) is 24.4. The van der Waals surface area contributed by atoms with Crippen LogP contribution in [0.2, 0.25) is 0 Å². The standard InChI is InChI=1S/C22H31N5O6/c1-3-4-10-26-18(23)17(19(29)24-22(26)32)25(12-13-33-2)16(28)9-11-27-20(30)14-7-5-6-8-15(14)21(27)31/h5-6,14-15H,3-4,7-13,23H2,1-2H3,(H,24,29,32)/t14-,15-/m1/s1. The average molecular weight is 462 g/mol. The van der Waals surface area contributed by atoms with Crippen molar-refractivity contribution in [2.24, 2.45) is 11.8 Å². The number of allylic oxidation sites excluding steroid dienone is 2. The maximum Gasteiger partial charge on any atom is 0.330 e. The van der Waals surface area contributed by atoms with Gasteiger partial charge in [-0.05, 0) is 19.3 Å². The van der Waals surface area contributed by atoms with Gasteiger partial charge in [-0.25, -0.2) is 4.79 Å². The van der Waals surface area contributed by atoms with Crippen molar-refractivity contribution in [1.82, 2.24) is 14.5 Å². The number of methoxy groups -OCH3 is 1. The first-order chi connectivity index (χ1) is 15.8. The zero-order valence-electron chi connectivity index (χ0n) is 19.0. The Morgan fingerprint density at radius 2 is 1.79 bits per heavy atom. The largest absolute Gasteiger partial charge is 0.383 e. The number of hydrogen-bond acceptors (Lipinski definition) is 7. The Morgan fingerprint density at radius 3 is 2.36 bits per heavy atom. The number of imide groups is 1. The van der Waals surface area contributed by atoms with Crippen molar-refractivity contribution < 1.29 is 19.1 Å². The second-order valence-corrected chi connectivity index (χ2v) is 8.27. The number of amides is 3. The number of anilines is 2. The maximum absolute atomic E-state index is 13.2. The number of H-pyrrole nitrogens is 1. The van der Waals surface area contributed by atoms with E-state index < -0.39 is 17.2 Å². The summed E-state index contributed by atoms with van der Waals surface area (Å²) < 4.78 is 6.31. The van der Waals surface area contributed by atoms with Crippen molar-refractivity contribution in [1.29, 1.82) is 0 Å². The molecule has 3 amide bonds. The molecule has 2 heterocycles. The van der Waals surface area contributed by atoms with Gasteiger partial charge in [-0.15, -0.1) is 0 Å². The third-order valence-electron chi connectivity index (χ3n) is 6.19. The highest BCUT2D eigenvalue weighted by molar-refractivity contribution is 6.06. The number of hydrogen-bond donors (Lipinski definition) is 2. The summed E-state index contributed by atoms with van der Waals surface area (Å²) in [7, 11) is 1.45. The normalized spacial score (nSPS) is 19.8. The highest BCUT2D eigenvalue weighted by Crippen LogP contribution is 2.35. The number of nitrogens with two attached hydrogens (primary N) is 1. The summed E-state index contributed by atoms with van der Waals surface area (Å²) >= 11 is 0. The van der Waals surface area contributed by atoms with Crippen molar-refractivity contribution in [3.63, 3.8) is 0 Å². The first-order valence-corrected chi connectivity index (χ1v) is 11.2. The summed E-state index contributed by atoms with van der Waals surface area (Å²) in [4.78, 5) is 67.9. The van der Waals surface area contributed by atoms with Crippen LogP contribution in [0.15, 0.2) is 21.7 Å². The van der Waals surface area contributed by atoms with Crippen LogP contribution in [0.1, 0.15) is 39.0 Å². The van der Waals surface area contributed by atoms with Crippen LogP contribution in [-0.4, -0.2) is 59.0 Å². The van der Waals surface area contributed by atoms with Crippen LogP contribution in [0.4, 0.5) is 11.5 Å². The molecule has 1 saturated heterocycles. The number of aromatic nitrogens is 2. The van der Waals surface area contributed by atoms with Crippen molar-refractivity contribution in [3.8, 4) is 0 Å². The summed E-state index contributed by atoms with van der Waals surface area (Å²) in [5, 5.41) is 0. The topological polar surface area (TPSA) is 148 Å². The van der Waals surface area contributed by atoms with Gasteiger partial charge >= 0.3 is 5.69 Å². The van der Waals surface area contributed by atoms with E-state index in [1.165, 1.54) is 16.6 Å². The molecule has 1 fully saturated rings. The van der Waals surface area contributed by atoms with Gasteiger partial charge in [0.2, 0.25) is 17.7 Å². The molecule has 33 heavy (non-hydrogen) atoms. The lowest BCUT2D eigenvalue weighted by atomic mass is 9.85. The number of rotatable bonds is 10. The van der Waals surface area contributed by atoms with Crippen LogP contribution in [-0.2, 0) is 25.7 Å². The fraction of sp³-hybridized carbons (Fsp3) is 0.591. The molecule has 11 nitrogen and oxygen atoms in total. The zero-order chi connectivity index (χ0) is 24.1. The van der Waals surface area contributed by atoms with Crippen molar-refractivity contribution >= 4 is 29.2 Å². The fourth-order valence-electron chi connectivity index (χ4n) is 4.35. The van der Waals surface area contributed by atoms with E-state index in [0.29, 0.717) is 25.8 Å². The van der Waals surface area contributed by atoms with Crippen LogP contribution >= 0.6 is 0 Å². The number of unbranched alkanes of at least 4 members (excludes halogenated alkanes) is 1. The number of nitrogens with one attached hydrogen (secondary N) is 1. The molecule has 1 aromatic heterocycles. The Labute approximate surface area is 191 Å². The van der Waals surface area contributed by atoms with Crippen LogP contribution in [0.25, 0.3) is 0 Å². The average Bonchev–Trinajstić information content (AvgIpc) is 3.04. The second-order valence-electron chi connectivity index (χ2n) is 8.27. The van der Waals surface area contributed by atoms with Gasteiger partial charge in [0.15, 0.2) is 5.69 Å². The molecule has 1 aromatic rings. The van der Waals surface area contributed by atoms with Gasteiger partial charge in [-0.2, -0.15) is 0 Å². The quantitative estimate of drug-likeness (QED) is 0.375. The molecule has 2 atom stereocenters. The molecule has 1 aliphatic heterocycles. The molecule has 1 aliphatic carbocycles. The number of carbonyl (C=O) groups is 3. The van der Waals surface area contributed by atoms with Gasteiger partial charge in [0.05, 0.1) is 18.4 Å². The Hall–Kier alpha value is -3.21. The first-order valence-electron chi connectivity index (χ1n) is 11.2. The Balaban J connectivity index is 1.83. The van der Waals surface area contributed by atoms with E-state index in [1.54, 1.807) is 0 Å². The molecule has 0 aromatic carbocycles. The molecule has 0 saturated carbocycles. The maximum atomic E-state index is 13.2. The van der Waals surface area contributed by atoms with Gasteiger partial charge in [0, 0.05) is 33.2 Å². The molecule has 2 aliphatic rings. The van der Waals surface area contributed by atoms with Crippen molar-refractivity contribution in [2.75, 3.05) is 37.4 Å². The fourth-order valence-corrected chi connectivity index (χ4v) is 4.35. The molecular weight excluding hydrogens is 430 g/mol. The molecule has 3 rings (SSSR count). The van der Waals surface area contributed by atoms with Crippen LogP contribution < -0.4 is 21.9 Å². The summed E-state index contributed by atoms with van der Waals surface area (Å²) in [6, 6.07) is 0. The minimum Gasteiger partial charge on any atom is -0.383 e. The summed E-state index contributed by atoms with van der Waals surface area (Å²) in [6.45, 7) is 2.31. The van der Waals surface area contributed by atoms with Gasteiger partial charge < -0.3 is 15.4 Å². The number of ether oxygens (including phenoxy) is 1. The third kappa shape index (κ3) is 4.92.